The first kappa shape index (κ1) is 18.3. The van der Waals surface area contributed by atoms with Gasteiger partial charge in [0.15, 0.2) is 11.5 Å². The third kappa shape index (κ3) is 4.79. The summed E-state index contributed by atoms with van der Waals surface area (Å²) in [6, 6.07) is 22.4. The van der Waals surface area contributed by atoms with Gasteiger partial charge in [-0.1, -0.05) is 64.0 Å². The van der Waals surface area contributed by atoms with Gasteiger partial charge in [-0.15, -0.1) is 0 Å². The summed E-state index contributed by atoms with van der Waals surface area (Å²) in [5.41, 5.74) is 4.55. The highest BCUT2D eigenvalue weighted by Crippen LogP contribution is 2.34. The highest BCUT2D eigenvalue weighted by Gasteiger charge is 2.11. The quantitative estimate of drug-likeness (QED) is 0.520. The molecule has 0 saturated carbocycles. The summed E-state index contributed by atoms with van der Waals surface area (Å²) in [5, 5.41) is 3.41. The van der Waals surface area contributed by atoms with Crippen LogP contribution in [0.4, 0.5) is 5.69 Å². The predicted molar refractivity (Wildman–Crippen MR) is 110 cm³/mol. The van der Waals surface area contributed by atoms with Crippen LogP contribution < -0.4 is 14.8 Å². The minimum atomic E-state index is 0.505. The molecule has 0 atom stereocenters. The fourth-order valence-electron chi connectivity index (χ4n) is 2.58. The van der Waals surface area contributed by atoms with Crippen LogP contribution in [0.25, 0.3) is 0 Å². The van der Waals surface area contributed by atoms with Crippen molar-refractivity contribution in [2.75, 3.05) is 12.4 Å². The van der Waals surface area contributed by atoms with Crippen LogP contribution in [0, 0.1) is 6.92 Å². The Bertz CT molecular complexity index is 848. The molecular formula is C22H22BrNO2. The van der Waals surface area contributed by atoms with E-state index in [9.17, 15) is 0 Å². The minimum absolute atomic E-state index is 0.505. The van der Waals surface area contributed by atoms with E-state index in [1.54, 1.807) is 7.11 Å². The number of benzene rings is 3. The Kier molecular flexibility index (Phi) is 6.18. The molecular weight excluding hydrogens is 390 g/mol. The average molecular weight is 412 g/mol. The molecule has 0 unspecified atom stereocenters. The van der Waals surface area contributed by atoms with Crippen LogP contribution in [-0.4, -0.2) is 7.11 Å². The van der Waals surface area contributed by atoms with Gasteiger partial charge in [0.05, 0.1) is 7.11 Å². The van der Waals surface area contributed by atoms with Crippen molar-refractivity contribution < 1.29 is 9.47 Å². The molecule has 4 heteroatoms. The molecule has 0 spiro atoms. The molecule has 3 nitrogen and oxygen atoms in total. The monoisotopic (exact) mass is 411 g/mol. The van der Waals surface area contributed by atoms with Gasteiger partial charge in [0.1, 0.15) is 6.61 Å². The SMILES string of the molecule is COc1cc(CNc2ccccc2)c(Br)cc1OCc1ccc(C)cc1. The van der Waals surface area contributed by atoms with Crippen molar-refractivity contribution in [3.8, 4) is 11.5 Å². The normalized spacial score (nSPS) is 10.4. The maximum Gasteiger partial charge on any atom is 0.162 e. The van der Waals surface area contributed by atoms with Crippen LogP contribution in [0.2, 0.25) is 0 Å². The Balaban J connectivity index is 1.70. The second kappa shape index (κ2) is 8.77. The molecule has 1 N–H and O–H groups in total. The summed E-state index contributed by atoms with van der Waals surface area (Å²) in [5.74, 6) is 1.45. The molecule has 0 aliphatic rings. The van der Waals surface area contributed by atoms with Crippen molar-refractivity contribution >= 4 is 21.6 Å². The summed E-state index contributed by atoms with van der Waals surface area (Å²) >= 11 is 3.64. The van der Waals surface area contributed by atoms with Crippen molar-refractivity contribution in [1.29, 1.82) is 0 Å². The number of nitrogens with one attached hydrogen (secondary N) is 1. The zero-order valence-electron chi connectivity index (χ0n) is 15.0. The molecule has 3 aromatic rings. The van der Waals surface area contributed by atoms with Gasteiger partial charge in [0.2, 0.25) is 0 Å². The fraction of sp³-hybridized carbons (Fsp3) is 0.182. The number of hydrogen-bond donors (Lipinski definition) is 1. The van der Waals surface area contributed by atoms with E-state index in [2.05, 4.69) is 52.4 Å². The summed E-state index contributed by atoms with van der Waals surface area (Å²) in [6.07, 6.45) is 0. The summed E-state index contributed by atoms with van der Waals surface area (Å²) < 4.78 is 12.5. The number of aryl methyl sites for hydroxylation is 1. The van der Waals surface area contributed by atoms with Crippen LogP contribution in [0.1, 0.15) is 16.7 Å². The number of anilines is 1. The van der Waals surface area contributed by atoms with E-state index in [-0.39, 0.29) is 0 Å². The zero-order chi connectivity index (χ0) is 18.4. The van der Waals surface area contributed by atoms with Gasteiger partial charge in [-0.2, -0.15) is 0 Å². The van der Waals surface area contributed by atoms with E-state index in [4.69, 9.17) is 9.47 Å². The largest absolute Gasteiger partial charge is 0.493 e. The van der Waals surface area contributed by atoms with Crippen molar-refractivity contribution in [3.05, 3.63) is 87.9 Å². The third-order valence-corrected chi connectivity index (χ3v) is 4.84. The lowest BCUT2D eigenvalue weighted by molar-refractivity contribution is 0.284. The topological polar surface area (TPSA) is 30.5 Å². The molecule has 26 heavy (non-hydrogen) atoms. The molecule has 0 fully saturated rings. The molecule has 0 aliphatic carbocycles. The Hall–Kier alpha value is -2.46. The number of methoxy groups -OCH3 is 1. The van der Waals surface area contributed by atoms with Crippen molar-refractivity contribution in [3.63, 3.8) is 0 Å². The van der Waals surface area contributed by atoms with Crippen LogP contribution in [0.15, 0.2) is 71.2 Å². The van der Waals surface area contributed by atoms with E-state index < -0.39 is 0 Å². The fourth-order valence-corrected chi connectivity index (χ4v) is 3.05. The first-order valence-electron chi connectivity index (χ1n) is 8.49. The van der Waals surface area contributed by atoms with Gasteiger partial charge in [-0.25, -0.2) is 0 Å². The molecule has 0 amide bonds. The van der Waals surface area contributed by atoms with Gasteiger partial charge in [-0.3, -0.25) is 0 Å². The number of rotatable bonds is 7. The van der Waals surface area contributed by atoms with Gasteiger partial charge in [-0.05, 0) is 42.3 Å². The lowest BCUT2D eigenvalue weighted by Gasteiger charge is -2.15. The number of hydrogen-bond acceptors (Lipinski definition) is 3. The second-order valence-corrected chi connectivity index (χ2v) is 6.94. The first-order valence-corrected chi connectivity index (χ1v) is 9.28. The second-order valence-electron chi connectivity index (χ2n) is 6.09. The summed E-state index contributed by atoms with van der Waals surface area (Å²) in [4.78, 5) is 0. The zero-order valence-corrected chi connectivity index (χ0v) is 16.5. The lowest BCUT2D eigenvalue weighted by Crippen LogP contribution is -2.03. The molecule has 3 rings (SSSR count). The first-order chi connectivity index (χ1) is 12.7. The maximum absolute atomic E-state index is 5.98. The molecule has 0 heterocycles. The van der Waals surface area contributed by atoms with Gasteiger partial charge in [0.25, 0.3) is 0 Å². The summed E-state index contributed by atoms with van der Waals surface area (Å²) in [6.45, 7) is 3.27. The predicted octanol–water partition coefficient (Wildman–Crippen LogP) is 5.96. The van der Waals surface area contributed by atoms with E-state index >= 15 is 0 Å². The number of para-hydroxylation sites is 1. The Morgan fingerprint density at radius 3 is 2.35 bits per heavy atom. The van der Waals surface area contributed by atoms with Gasteiger partial charge >= 0.3 is 0 Å². The van der Waals surface area contributed by atoms with Crippen LogP contribution in [0.5, 0.6) is 11.5 Å². The van der Waals surface area contributed by atoms with Gasteiger partial charge in [0, 0.05) is 16.7 Å². The molecule has 0 aromatic heterocycles. The van der Waals surface area contributed by atoms with Crippen molar-refractivity contribution in [2.24, 2.45) is 0 Å². The molecule has 0 radical (unpaired) electrons. The minimum Gasteiger partial charge on any atom is -0.493 e. The molecule has 3 aromatic carbocycles. The molecule has 0 bridgehead atoms. The van der Waals surface area contributed by atoms with Crippen molar-refractivity contribution in [2.45, 2.75) is 20.1 Å². The van der Waals surface area contributed by atoms with E-state index in [0.29, 0.717) is 13.2 Å². The summed E-state index contributed by atoms with van der Waals surface area (Å²) in [7, 11) is 1.66. The lowest BCUT2D eigenvalue weighted by atomic mass is 10.1. The van der Waals surface area contributed by atoms with Crippen LogP contribution >= 0.6 is 15.9 Å². The smallest absolute Gasteiger partial charge is 0.162 e. The van der Waals surface area contributed by atoms with E-state index in [1.165, 1.54) is 5.56 Å². The van der Waals surface area contributed by atoms with Crippen LogP contribution in [0.3, 0.4) is 0 Å². The third-order valence-electron chi connectivity index (χ3n) is 4.10. The van der Waals surface area contributed by atoms with E-state index in [1.807, 2.05) is 42.5 Å². The Morgan fingerprint density at radius 2 is 1.65 bits per heavy atom. The van der Waals surface area contributed by atoms with Crippen LogP contribution in [-0.2, 0) is 13.2 Å². The van der Waals surface area contributed by atoms with Crippen molar-refractivity contribution in [1.82, 2.24) is 0 Å². The number of ether oxygens (including phenoxy) is 2. The molecule has 0 aliphatic heterocycles. The maximum atomic E-state index is 5.98. The highest BCUT2D eigenvalue weighted by atomic mass is 79.9. The van der Waals surface area contributed by atoms with E-state index in [0.717, 1.165) is 32.8 Å². The number of halogens is 1. The molecule has 0 saturated heterocycles. The Morgan fingerprint density at radius 1 is 0.923 bits per heavy atom. The standard InChI is InChI=1S/C22H22BrNO2/c1-16-8-10-17(11-9-16)15-26-22-13-20(23)18(12-21(22)25-2)14-24-19-6-4-3-5-7-19/h3-13,24H,14-15H2,1-2H3. The Labute approximate surface area is 163 Å². The molecule has 134 valence electrons. The highest BCUT2D eigenvalue weighted by molar-refractivity contribution is 9.10. The average Bonchev–Trinajstić information content (AvgIpc) is 2.67. The van der Waals surface area contributed by atoms with Gasteiger partial charge < -0.3 is 14.8 Å².